The Morgan fingerprint density at radius 1 is 1.39 bits per heavy atom. The van der Waals surface area contributed by atoms with Gasteiger partial charge in [0, 0.05) is 12.4 Å². The van der Waals surface area contributed by atoms with Gasteiger partial charge in [-0.05, 0) is 19.3 Å². The average Bonchev–Trinajstić information content (AvgIpc) is 2.69. The highest BCUT2D eigenvalue weighted by Gasteiger charge is 2.38. The summed E-state index contributed by atoms with van der Waals surface area (Å²) in [6.45, 7) is 0.703. The molecule has 1 aliphatic rings. The first-order valence-electron chi connectivity index (χ1n) is 5.50. The number of hydrogen-bond donors (Lipinski definition) is 1. The lowest BCUT2D eigenvalue weighted by Gasteiger charge is -2.21. The molecule has 5 nitrogen and oxygen atoms in total. The molecule has 1 saturated heterocycles. The Morgan fingerprint density at radius 3 is 2.72 bits per heavy atom. The van der Waals surface area contributed by atoms with Gasteiger partial charge in [-0.3, -0.25) is 0 Å². The van der Waals surface area contributed by atoms with Gasteiger partial charge in [0.1, 0.15) is 0 Å². The van der Waals surface area contributed by atoms with Crippen LogP contribution in [0.2, 0.25) is 0 Å². The van der Waals surface area contributed by atoms with Crippen LogP contribution in [0.4, 0.5) is 13.2 Å². The normalized spacial score (nSPS) is 21.2. The SMILES string of the molecule is Nn1c(SC[C@H]2CCCCO2)nnc1C(F)(F)F. The summed E-state index contributed by atoms with van der Waals surface area (Å²) >= 11 is 1.13. The highest BCUT2D eigenvalue weighted by atomic mass is 32.2. The van der Waals surface area contributed by atoms with Crippen LogP contribution in [-0.4, -0.2) is 33.3 Å². The minimum atomic E-state index is -4.58. The Morgan fingerprint density at radius 2 is 2.17 bits per heavy atom. The van der Waals surface area contributed by atoms with Crippen LogP contribution < -0.4 is 5.84 Å². The Balaban J connectivity index is 1.95. The van der Waals surface area contributed by atoms with Crippen molar-refractivity contribution in [1.29, 1.82) is 0 Å². The van der Waals surface area contributed by atoms with Gasteiger partial charge in [-0.1, -0.05) is 11.8 Å². The van der Waals surface area contributed by atoms with Crippen LogP contribution in [0.25, 0.3) is 0 Å². The number of hydrogen-bond acceptors (Lipinski definition) is 5. The molecular formula is C9H13F3N4OS. The van der Waals surface area contributed by atoms with Crippen molar-refractivity contribution in [2.75, 3.05) is 18.2 Å². The molecule has 9 heteroatoms. The maximum Gasteiger partial charge on any atom is 0.453 e. The van der Waals surface area contributed by atoms with Crippen molar-refractivity contribution in [1.82, 2.24) is 14.9 Å². The number of nitrogens with two attached hydrogens (primary N) is 1. The summed E-state index contributed by atoms with van der Waals surface area (Å²) in [7, 11) is 0. The number of ether oxygens (including phenoxy) is 1. The van der Waals surface area contributed by atoms with E-state index in [1.807, 2.05) is 0 Å². The number of rotatable bonds is 3. The lowest BCUT2D eigenvalue weighted by atomic mass is 10.1. The highest BCUT2D eigenvalue weighted by molar-refractivity contribution is 7.99. The Hall–Kier alpha value is -0.960. The monoisotopic (exact) mass is 282 g/mol. The number of aromatic nitrogens is 3. The maximum atomic E-state index is 12.4. The molecule has 0 unspecified atom stereocenters. The van der Waals surface area contributed by atoms with E-state index in [1.54, 1.807) is 0 Å². The molecule has 2 rings (SSSR count). The van der Waals surface area contributed by atoms with E-state index in [2.05, 4.69) is 10.2 Å². The first-order chi connectivity index (χ1) is 8.48. The number of halogens is 3. The van der Waals surface area contributed by atoms with Crippen LogP contribution in [0.15, 0.2) is 5.16 Å². The molecule has 1 atom stereocenters. The number of thioether (sulfide) groups is 1. The largest absolute Gasteiger partial charge is 0.453 e. The molecule has 1 aliphatic heterocycles. The van der Waals surface area contributed by atoms with E-state index in [4.69, 9.17) is 10.6 Å². The zero-order valence-corrected chi connectivity index (χ0v) is 10.3. The van der Waals surface area contributed by atoms with Crippen molar-refractivity contribution in [3.8, 4) is 0 Å². The molecule has 0 saturated carbocycles. The van der Waals surface area contributed by atoms with E-state index >= 15 is 0 Å². The first-order valence-corrected chi connectivity index (χ1v) is 6.49. The number of alkyl halides is 3. The van der Waals surface area contributed by atoms with Crippen molar-refractivity contribution < 1.29 is 17.9 Å². The van der Waals surface area contributed by atoms with Crippen LogP contribution in [0.1, 0.15) is 25.1 Å². The molecule has 0 amide bonds. The van der Waals surface area contributed by atoms with E-state index in [-0.39, 0.29) is 11.3 Å². The molecular weight excluding hydrogens is 269 g/mol. The summed E-state index contributed by atoms with van der Waals surface area (Å²) in [5.41, 5.74) is 0. The van der Waals surface area contributed by atoms with Crippen molar-refractivity contribution in [2.24, 2.45) is 0 Å². The molecule has 1 aromatic rings. The van der Waals surface area contributed by atoms with Crippen LogP contribution >= 0.6 is 11.8 Å². The van der Waals surface area contributed by atoms with Crippen LogP contribution in [0.3, 0.4) is 0 Å². The summed E-state index contributed by atoms with van der Waals surface area (Å²) in [6.07, 6.45) is -1.50. The fourth-order valence-electron chi connectivity index (χ4n) is 1.68. The summed E-state index contributed by atoms with van der Waals surface area (Å²) in [5.74, 6) is 4.66. The van der Waals surface area contributed by atoms with Gasteiger partial charge >= 0.3 is 6.18 Å². The Kier molecular flexibility index (Phi) is 4.00. The number of nitrogen functional groups attached to an aromatic ring is 1. The van der Waals surface area contributed by atoms with Gasteiger partial charge in [-0.15, -0.1) is 10.2 Å². The topological polar surface area (TPSA) is 66.0 Å². The van der Waals surface area contributed by atoms with Gasteiger partial charge in [0.15, 0.2) is 0 Å². The fraction of sp³-hybridized carbons (Fsp3) is 0.778. The minimum Gasteiger partial charge on any atom is -0.377 e. The summed E-state index contributed by atoms with van der Waals surface area (Å²) < 4.78 is 43.2. The van der Waals surface area contributed by atoms with E-state index in [9.17, 15) is 13.2 Å². The quantitative estimate of drug-likeness (QED) is 0.675. The summed E-state index contributed by atoms with van der Waals surface area (Å²) in [5, 5.41) is 6.55. The van der Waals surface area contributed by atoms with Crippen LogP contribution in [-0.2, 0) is 10.9 Å². The van der Waals surface area contributed by atoms with E-state index in [1.165, 1.54) is 0 Å². The van der Waals surface area contributed by atoms with Crippen molar-refractivity contribution >= 4 is 11.8 Å². The van der Waals surface area contributed by atoms with Crippen molar-refractivity contribution in [3.63, 3.8) is 0 Å². The second kappa shape index (κ2) is 5.35. The van der Waals surface area contributed by atoms with Crippen molar-refractivity contribution in [2.45, 2.75) is 36.7 Å². The first kappa shape index (κ1) is 13.5. The molecule has 2 N–H and O–H groups in total. The van der Waals surface area contributed by atoms with Gasteiger partial charge < -0.3 is 10.6 Å². The van der Waals surface area contributed by atoms with E-state index < -0.39 is 12.0 Å². The third-order valence-electron chi connectivity index (χ3n) is 2.59. The Bertz CT molecular complexity index is 403. The van der Waals surface area contributed by atoms with E-state index in [0.717, 1.165) is 31.0 Å². The van der Waals surface area contributed by atoms with Crippen LogP contribution in [0, 0.1) is 0 Å². The average molecular weight is 282 g/mol. The molecule has 1 aromatic heterocycles. The predicted octanol–water partition coefficient (Wildman–Crippen LogP) is 1.67. The van der Waals surface area contributed by atoms with Gasteiger partial charge in [0.2, 0.25) is 5.16 Å². The third kappa shape index (κ3) is 3.08. The highest BCUT2D eigenvalue weighted by Crippen LogP contribution is 2.29. The maximum absolute atomic E-state index is 12.4. The van der Waals surface area contributed by atoms with Gasteiger partial charge in [-0.2, -0.15) is 13.2 Å². The Labute approximate surface area is 106 Å². The lowest BCUT2D eigenvalue weighted by Crippen LogP contribution is -2.23. The molecule has 1 fully saturated rings. The molecule has 2 heterocycles. The molecule has 0 bridgehead atoms. The minimum absolute atomic E-state index is 0.0507. The predicted molar refractivity (Wildman–Crippen MR) is 59.5 cm³/mol. The van der Waals surface area contributed by atoms with E-state index in [0.29, 0.717) is 17.0 Å². The summed E-state index contributed by atoms with van der Waals surface area (Å²) in [4.78, 5) is 0. The van der Waals surface area contributed by atoms with Gasteiger partial charge in [0.05, 0.1) is 6.10 Å². The summed E-state index contributed by atoms with van der Waals surface area (Å²) in [6, 6.07) is 0. The van der Waals surface area contributed by atoms with Gasteiger partial charge in [-0.25, -0.2) is 4.68 Å². The molecule has 0 spiro atoms. The number of nitrogens with zero attached hydrogens (tertiary/aromatic N) is 3. The molecule has 0 aliphatic carbocycles. The molecule has 0 radical (unpaired) electrons. The molecule has 102 valence electrons. The zero-order chi connectivity index (χ0) is 13.2. The standard InChI is InChI=1S/C9H13F3N4OS/c10-9(11,12)7-14-15-8(16(7)13)18-5-6-3-1-2-4-17-6/h6H,1-5,13H2/t6-/m1/s1. The lowest BCUT2D eigenvalue weighted by molar-refractivity contribution is -0.146. The smallest absolute Gasteiger partial charge is 0.377 e. The molecule has 0 aromatic carbocycles. The van der Waals surface area contributed by atoms with Crippen molar-refractivity contribution in [3.05, 3.63) is 5.82 Å². The van der Waals surface area contributed by atoms with Crippen LogP contribution in [0.5, 0.6) is 0 Å². The third-order valence-corrected chi connectivity index (χ3v) is 3.67. The second-order valence-electron chi connectivity index (χ2n) is 3.97. The molecule has 18 heavy (non-hydrogen) atoms. The second-order valence-corrected chi connectivity index (χ2v) is 4.96. The van der Waals surface area contributed by atoms with Gasteiger partial charge in [0.25, 0.3) is 5.82 Å². The fourth-order valence-corrected chi connectivity index (χ4v) is 2.60. The zero-order valence-electron chi connectivity index (χ0n) is 9.48.